The van der Waals surface area contributed by atoms with Crippen molar-refractivity contribution in [3.63, 3.8) is 0 Å². The minimum absolute atomic E-state index is 0.0925. The molecule has 0 amide bonds. The van der Waals surface area contributed by atoms with Crippen molar-refractivity contribution in [3.8, 4) is 0 Å². The molecule has 1 aromatic rings. The Morgan fingerprint density at radius 3 is 2.86 bits per heavy atom. The van der Waals surface area contributed by atoms with E-state index in [-0.39, 0.29) is 11.8 Å². The molecule has 0 saturated carbocycles. The predicted octanol–water partition coefficient (Wildman–Crippen LogP) is 1.59. The third-order valence-electron chi connectivity index (χ3n) is 4.32. The summed E-state index contributed by atoms with van der Waals surface area (Å²) in [6.07, 6.45) is 3.84. The van der Waals surface area contributed by atoms with E-state index in [0.717, 1.165) is 12.1 Å². The fourth-order valence-corrected chi connectivity index (χ4v) is 2.94. The lowest BCUT2D eigenvalue weighted by atomic mass is 9.97. The van der Waals surface area contributed by atoms with Gasteiger partial charge in [0.25, 0.3) is 0 Å². The van der Waals surface area contributed by atoms with Crippen molar-refractivity contribution in [1.82, 2.24) is 10.2 Å². The van der Waals surface area contributed by atoms with Crippen molar-refractivity contribution in [3.05, 3.63) is 35.9 Å². The molecule has 1 aliphatic rings. The summed E-state index contributed by atoms with van der Waals surface area (Å²) in [5, 5.41) is 15.7. The van der Waals surface area contributed by atoms with E-state index >= 15 is 0 Å². The third kappa shape index (κ3) is 4.44. The number of benzene rings is 1. The molecule has 0 bridgehead atoms. The Bertz CT molecular complexity index is 449. The zero-order valence-electron chi connectivity index (χ0n) is 12.7. The van der Waals surface area contributed by atoms with Gasteiger partial charge in [0.1, 0.15) is 5.84 Å². The molecule has 1 aliphatic heterocycles. The molecule has 5 nitrogen and oxygen atoms in total. The topological polar surface area (TPSA) is 73.9 Å². The number of hydrogen-bond donors (Lipinski definition) is 3. The van der Waals surface area contributed by atoms with E-state index < -0.39 is 0 Å². The summed E-state index contributed by atoms with van der Waals surface area (Å²) in [6.45, 7) is 2.80. The highest BCUT2D eigenvalue weighted by Gasteiger charge is 2.20. The maximum atomic E-state index is 8.98. The first-order valence-electron chi connectivity index (χ1n) is 7.65. The highest BCUT2D eigenvalue weighted by atomic mass is 16.4. The second kappa shape index (κ2) is 8.00. The van der Waals surface area contributed by atoms with Gasteiger partial charge in [-0.15, -0.1) is 0 Å². The van der Waals surface area contributed by atoms with Crippen LogP contribution in [0.3, 0.4) is 0 Å². The number of hydrogen-bond acceptors (Lipinski definition) is 4. The second-order valence-corrected chi connectivity index (χ2v) is 5.78. The minimum Gasteiger partial charge on any atom is -0.409 e. The Hall–Kier alpha value is -1.59. The van der Waals surface area contributed by atoms with Gasteiger partial charge in [0, 0.05) is 19.1 Å². The third-order valence-corrected chi connectivity index (χ3v) is 4.32. The Morgan fingerprint density at radius 1 is 1.43 bits per heavy atom. The van der Waals surface area contributed by atoms with E-state index in [9.17, 15) is 0 Å². The van der Waals surface area contributed by atoms with E-state index in [1.165, 1.54) is 25.8 Å². The number of nitrogens with zero attached hydrogens (tertiary/aromatic N) is 2. The molecule has 4 N–H and O–H groups in total. The monoisotopic (exact) mass is 290 g/mol. The molecule has 5 heteroatoms. The summed E-state index contributed by atoms with van der Waals surface area (Å²) in [7, 11) is 2.18. The van der Waals surface area contributed by atoms with Gasteiger partial charge in [-0.2, -0.15) is 0 Å². The van der Waals surface area contributed by atoms with Crippen molar-refractivity contribution in [2.45, 2.75) is 31.2 Å². The Labute approximate surface area is 126 Å². The van der Waals surface area contributed by atoms with Crippen LogP contribution in [0, 0.1) is 0 Å². The molecule has 1 aromatic carbocycles. The molecule has 0 aliphatic carbocycles. The zero-order valence-corrected chi connectivity index (χ0v) is 12.7. The number of amidine groups is 1. The summed E-state index contributed by atoms with van der Waals surface area (Å²) in [5.41, 5.74) is 6.91. The van der Waals surface area contributed by atoms with Crippen molar-refractivity contribution in [2.75, 3.05) is 26.7 Å². The van der Waals surface area contributed by atoms with Crippen molar-refractivity contribution >= 4 is 5.84 Å². The Balaban J connectivity index is 1.91. The van der Waals surface area contributed by atoms with Crippen LogP contribution in [-0.2, 0) is 0 Å². The largest absolute Gasteiger partial charge is 0.409 e. The van der Waals surface area contributed by atoms with Crippen LogP contribution >= 0.6 is 0 Å². The molecule has 1 heterocycles. The van der Waals surface area contributed by atoms with Gasteiger partial charge in [0.2, 0.25) is 0 Å². The number of rotatable bonds is 6. The first-order valence-corrected chi connectivity index (χ1v) is 7.65. The average molecular weight is 290 g/mol. The maximum Gasteiger partial charge on any atom is 0.147 e. The first-order chi connectivity index (χ1) is 10.2. The van der Waals surface area contributed by atoms with Crippen LogP contribution in [0.2, 0.25) is 0 Å². The van der Waals surface area contributed by atoms with Gasteiger partial charge in [-0.05, 0) is 32.0 Å². The molecule has 0 spiro atoms. The van der Waals surface area contributed by atoms with E-state index in [1.807, 2.05) is 30.3 Å². The lowest BCUT2D eigenvalue weighted by Crippen LogP contribution is -2.44. The predicted molar refractivity (Wildman–Crippen MR) is 85.7 cm³/mol. The first kappa shape index (κ1) is 15.8. The quantitative estimate of drug-likeness (QED) is 0.322. The van der Waals surface area contributed by atoms with Crippen molar-refractivity contribution in [2.24, 2.45) is 10.9 Å². The molecule has 2 unspecified atom stereocenters. The zero-order chi connectivity index (χ0) is 15.1. The lowest BCUT2D eigenvalue weighted by molar-refractivity contribution is 0.181. The van der Waals surface area contributed by atoms with Gasteiger partial charge in [-0.3, -0.25) is 0 Å². The van der Waals surface area contributed by atoms with Gasteiger partial charge >= 0.3 is 0 Å². The number of nitrogens with one attached hydrogen (secondary N) is 1. The van der Waals surface area contributed by atoms with Gasteiger partial charge in [0.05, 0.1) is 5.92 Å². The van der Waals surface area contributed by atoms with E-state index in [4.69, 9.17) is 10.9 Å². The smallest absolute Gasteiger partial charge is 0.147 e. The van der Waals surface area contributed by atoms with Crippen molar-refractivity contribution in [1.29, 1.82) is 0 Å². The van der Waals surface area contributed by atoms with Crippen LogP contribution < -0.4 is 11.1 Å². The Kier molecular flexibility index (Phi) is 6.02. The SMILES string of the molecule is CN1CCCCC1CNCC(C(N)=NO)c1ccccc1. The number of likely N-dealkylation sites (N-methyl/N-ethyl adjacent to an activating group) is 1. The van der Waals surface area contributed by atoms with Crippen LogP contribution in [0.15, 0.2) is 35.5 Å². The maximum absolute atomic E-state index is 8.98. The van der Waals surface area contributed by atoms with Crippen LogP contribution in [0.1, 0.15) is 30.7 Å². The molecular formula is C16H26N4O. The van der Waals surface area contributed by atoms with Gasteiger partial charge < -0.3 is 21.2 Å². The summed E-state index contributed by atoms with van der Waals surface area (Å²) >= 11 is 0. The summed E-state index contributed by atoms with van der Waals surface area (Å²) in [5.74, 6) is 0.163. The van der Waals surface area contributed by atoms with E-state index in [2.05, 4.69) is 22.4 Å². The highest BCUT2D eigenvalue weighted by molar-refractivity contribution is 5.87. The van der Waals surface area contributed by atoms with Crippen LogP contribution in [0.25, 0.3) is 0 Å². The molecule has 0 aromatic heterocycles. The molecule has 2 rings (SSSR count). The summed E-state index contributed by atoms with van der Waals surface area (Å²) in [4.78, 5) is 2.41. The number of oxime groups is 1. The van der Waals surface area contributed by atoms with Crippen molar-refractivity contribution < 1.29 is 5.21 Å². The molecule has 116 valence electrons. The molecule has 0 radical (unpaired) electrons. The number of nitrogens with two attached hydrogens (primary N) is 1. The van der Waals surface area contributed by atoms with E-state index in [1.54, 1.807) is 0 Å². The van der Waals surface area contributed by atoms with Gasteiger partial charge in [0.15, 0.2) is 0 Å². The molecule has 2 atom stereocenters. The molecule has 1 fully saturated rings. The number of piperidine rings is 1. The standard InChI is InChI=1S/C16H26N4O/c1-20-10-6-5-9-14(20)11-18-12-15(16(17)19-21)13-7-3-2-4-8-13/h2-4,7-8,14-15,18,21H,5-6,9-12H2,1H3,(H2,17,19). The van der Waals surface area contributed by atoms with E-state index in [0.29, 0.717) is 12.6 Å². The van der Waals surface area contributed by atoms with Crippen LogP contribution in [0.5, 0.6) is 0 Å². The Morgan fingerprint density at radius 2 is 2.19 bits per heavy atom. The lowest BCUT2D eigenvalue weighted by Gasteiger charge is -2.33. The molecule has 21 heavy (non-hydrogen) atoms. The second-order valence-electron chi connectivity index (χ2n) is 5.78. The van der Waals surface area contributed by atoms with Gasteiger partial charge in [-0.25, -0.2) is 0 Å². The number of likely N-dealkylation sites (tertiary alicyclic amines) is 1. The van der Waals surface area contributed by atoms with Crippen LogP contribution in [0.4, 0.5) is 0 Å². The molecule has 1 saturated heterocycles. The van der Waals surface area contributed by atoms with Crippen LogP contribution in [-0.4, -0.2) is 48.7 Å². The fraction of sp³-hybridized carbons (Fsp3) is 0.562. The molecular weight excluding hydrogens is 264 g/mol. The summed E-state index contributed by atoms with van der Waals surface area (Å²) in [6, 6.07) is 10.5. The fourth-order valence-electron chi connectivity index (χ4n) is 2.94. The minimum atomic E-state index is -0.0925. The highest BCUT2D eigenvalue weighted by Crippen LogP contribution is 2.16. The van der Waals surface area contributed by atoms with Gasteiger partial charge in [-0.1, -0.05) is 41.9 Å². The summed E-state index contributed by atoms with van der Waals surface area (Å²) < 4.78 is 0. The normalized spacial score (nSPS) is 22.1. The average Bonchev–Trinajstić information content (AvgIpc) is 2.53.